The van der Waals surface area contributed by atoms with Gasteiger partial charge in [0.1, 0.15) is 12.2 Å². The molecule has 5 rings (SSSR count). The fourth-order valence-corrected chi connectivity index (χ4v) is 3.77. The Labute approximate surface area is 169 Å². The minimum atomic E-state index is -1.42. The number of halogens is 2. The summed E-state index contributed by atoms with van der Waals surface area (Å²) in [5.41, 5.74) is -0.581. The smallest absolute Gasteiger partial charge is 0.276 e. The molecule has 0 unspecified atom stereocenters. The molecule has 4 aromatic rings. The second-order valence-corrected chi connectivity index (χ2v) is 7.60. The number of rotatable bonds is 4. The summed E-state index contributed by atoms with van der Waals surface area (Å²) in [4.78, 5) is 21.0. The first-order valence-corrected chi connectivity index (χ1v) is 9.48. The van der Waals surface area contributed by atoms with Gasteiger partial charge in [-0.25, -0.2) is 9.07 Å². The number of pyridine rings is 1. The molecule has 1 saturated carbocycles. The molecule has 1 aliphatic rings. The SMILES string of the molecule is O=c1c2cccnc2cnn1Cc1nc(C2CC(F)(c3ccc(Cl)cc3)C2)no1. The fraction of sp³-hybridized carbons (Fsp3) is 0.250. The van der Waals surface area contributed by atoms with Crippen LogP contribution in [0, 0.1) is 0 Å². The normalized spacial score (nSPS) is 21.2. The molecule has 1 fully saturated rings. The molecule has 1 aromatic carbocycles. The number of hydrogen-bond acceptors (Lipinski definition) is 6. The Balaban J connectivity index is 1.32. The van der Waals surface area contributed by atoms with Crippen molar-refractivity contribution in [2.75, 3.05) is 0 Å². The Morgan fingerprint density at radius 1 is 1.24 bits per heavy atom. The van der Waals surface area contributed by atoms with Gasteiger partial charge in [-0.2, -0.15) is 10.1 Å². The summed E-state index contributed by atoms with van der Waals surface area (Å²) >= 11 is 5.87. The summed E-state index contributed by atoms with van der Waals surface area (Å²) in [6.07, 6.45) is 3.66. The van der Waals surface area contributed by atoms with Crippen LogP contribution in [0.2, 0.25) is 5.02 Å². The molecule has 0 atom stereocenters. The van der Waals surface area contributed by atoms with Gasteiger partial charge in [0.05, 0.1) is 17.1 Å². The first kappa shape index (κ1) is 17.9. The summed E-state index contributed by atoms with van der Waals surface area (Å²) in [6, 6.07) is 10.1. The lowest BCUT2D eigenvalue weighted by Gasteiger charge is -2.40. The zero-order valence-electron chi connectivity index (χ0n) is 15.1. The van der Waals surface area contributed by atoms with E-state index in [9.17, 15) is 4.79 Å². The third-order valence-corrected chi connectivity index (χ3v) is 5.51. The first-order valence-electron chi connectivity index (χ1n) is 9.10. The highest BCUT2D eigenvalue weighted by Crippen LogP contribution is 2.53. The highest BCUT2D eigenvalue weighted by molar-refractivity contribution is 6.30. The van der Waals surface area contributed by atoms with Crippen molar-refractivity contribution in [3.8, 4) is 0 Å². The third kappa shape index (κ3) is 3.19. The largest absolute Gasteiger partial charge is 0.337 e. The van der Waals surface area contributed by atoms with E-state index in [1.54, 1.807) is 42.6 Å². The summed E-state index contributed by atoms with van der Waals surface area (Å²) in [5, 5.41) is 9.11. The Morgan fingerprint density at radius 3 is 2.83 bits per heavy atom. The molecule has 0 bridgehead atoms. The van der Waals surface area contributed by atoms with Gasteiger partial charge in [-0.1, -0.05) is 28.9 Å². The molecular formula is C20H15ClFN5O2. The Kier molecular flexibility index (Phi) is 4.16. The van der Waals surface area contributed by atoms with Gasteiger partial charge in [-0.3, -0.25) is 9.78 Å². The topological polar surface area (TPSA) is 86.7 Å². The summed E-state index contributed by atoms with van der Waals surface area (Å²) in [7, 11) is 0. The quantitative estimate of drug-likeness (QED) is 0.509. The van der Waals surface area contributed by atoms with Crippen LogP contribution in [0.15, 0.2) is 58.1 Å². The van der Waals surface area contributed by atoms with Crippen molar-refractivity contribution in [1.82, 2.24) is 24.9 Å². The van der Waals surface area contributed by atoms with Crippen molar-refractivity contribution >= 4 is 22.5 Å². The highest BCUT2D eigenvalue weighted by Gasteiger charge is 2.48. The highest BCUT2D eigenvalue weighted by atomic mass is 35.5. The minimum Gasteiger partial charge on any atom is -0.337 e. The van der Waals surface area contributed by atoms with Crippen LogP contribution in [0.4, 0.5) is 4.39 Å². The monoisotopic (exact) mass is 411 g/mol. The van der Waals surface area contributed by atoms with Crippen molar-refractivity contribution in [3.63, 3.8) is 0 Å². The first-order chi connectivity index (χ1) is 14.0. The van der Waals surface area contributed by atoms with Crippen LogP contribution in [0.3, 0.4) is 0 Å². The summed E-state index contributed by atoms with van der Waals surface area (Å²) < 4.78 is 21.6. The van der Waals surface area contributed by atoms with E-state index >= 15 is 4.39 Å². The van der Waals surface area contributed by atoms with Crippen LogP contribution < -0.4 is 5.56 Å². The lowest BCUT2D eigenvalue weighted by Crippen LogP contribution is -2.36. The predicted octanol–water partition coefficient (Wildman–Crippen LogP) is 3.62. The van der Waals surface area contributed by atoms with E-state index < -0.39 is 5.67 Å². The lowest BCUT2D eigenvalue weighted by molar-refractivity contribution is 0.0336. The standard InChI is InChI=1S/C20H15ClFN5O2/c21-14-5-3-13(4-6-14)20(22)8-12(9-20)18-25-17(29-26-18)11-27-19(28)15-2-1-7-23-16(15)10-24-27/h1-7,10,12H,8-9,11H2. The van der Waals surface area contributed by atoms with Crippen LogP contribution in [0.25, 0.3) is 10.9 Å². The summed E-state index contributed by atoms with van der Waals surface area (Å²) in [5.74, 6) is 0.553. The molecule has 0 amide bonds. The van der Waals surface area contributed by atoms with Gasteiger partial charge in [0.15, 0.2) is 5.82 Å². The van der Waals surface area contributed by atoms with Gasteiger partial charge < -0.3 is 4.52 Å². The zero-order chi connectivity index (χ0) is 20.0. The van der Waals surface area contributed by atoms with Gasteiger partial charge in [0, 0.05) is 17.1 Å². The fourth-order valence-electron chi connectivity index (χ4n) is 3.64. The molecule has 0 spiro atoms. The molecule has 7 nitrogen and oxygen atoms in total. The molecule has 1 aliphatic carbocycles. The number of alkyl halides is 1. The van der Waals surface area contributed by atoms with Crippen molar-refractivity contribution in [2.45, 2.75) is 31.0 Å². The average molecular weight is 412 g/mol. The van der Waals surface area contributed by atoms with Gasteiger partial charge in [0.25, 0.3) is 5.56 Å². The minimum absolute atomic E-state index is 0.0430. The average Bonchev–Trinajstić information content (AvgIpc) is 3.16. The van der Waals surface area contributed by atoms with Crippen molar-refractivity contribution < 1.29 is 8.91 Å². The van der Waals surface area contributed by atoms with Crippen molar-refractivity contribution in [2.24, 2.45) is 0 Å². The van der Waals surface area contributed by atoms with Crippen LogP contribution in [-0.2, 0) is 12.2 Å². The van der Waals surface area contributed by atoms with Gasteiger partial charge in [0.2, 0.25) is 5.89 Å². The number of benzene rings is 1. The molecule has 9 heteroatoms. The van der Waals surface area contributed by atoms with Crippen LogP contribution >= 0.6 is 11.6 Å². The van der Waals surface area contributed by atoms with Crippen LogP contribution in [-0.4, -0.2) is 24.9 Å². The van der Waals surface area contributed by atoms with Crippen LogP contribution in [0.1, 0.15) is 36.0 Å². The van der Waals surface area contributed by atoms with E-state index in [2.05, 4.69) is 20.2 Å². The van der Waals surface area contributed by atoms with Crippen LogP contribution in [0.5, 0.6) is 0 Å². The molecule has 3 aromatic heterocycles. The van der Waals surface area contributed by atoms with E-state index in [-0.39, 0.29) is 36.8 Å². The Bertz CT molecular complexity index is 1250. The molecule has 146 valence electrons. The predicted molar refractivity (Wildman–Crippen MR) is 103 cm³/mol. The van der Waals surface area contributed by atoms with Crippen molar-refractivity contribution in [1.29, 1.82) is 0 Å². The van der Waals surface area contributed by atoms with Gasteiger partial charge in [-0.15, -0.1) is 0 Å². The molecule has 0 aliphatic heterocycles. The lowest BCUT2D eigenvalue weighted by atomic mass is 9.68. The number of hydrogen-bond donors (Lipinski definition) is 0. The number of nitrogens with zero attached hydrogens (tertiary/aromatic N) is 5. The van der Waals surface area contributed by atoms with Gasteiger partial charge >= 0.3 is 0 Å². The zero-order valence-corrected chi connectivity index (χ0v) is 15.9. The Hall–Kier alpha value is -3.13. The third-order valence-electron chi connectivity index (χ3n) is 5.26. The van der Waals surface area contributed by atoms with E-state index in [0.29, 0.717) is 27.3 Å². The maximum absolute atomic E-state index is 15.1. The summed E-state index contributed by atoms with van der Waals surface area (Å²) in [6.45, 7) is 0.0430. The van der Waals surface area contributed by atoms with E-state index in [4.69, 9.17) is 16.1 Å². The van der Waals surface area contributed by atoms with Gasteiger partial charge in [-0.05, 0) is 42.7 Å². The molecule has 3 heterocycles. The number of aromatic nitrogens is 5. The molecular weight excluding hydrogens is 397 g/mol. The molecule has 0 saturated heterocycles. The molecule has 0 radical (unpaired) electrons. The molecule has 0 N–H and O–H groups in total. The van der Waals surface area contributed by atoms with E-state index in [1.807, 2.05) is 0 Å². The van der Waals surface area contributed by atoms with Crippen molar-refractivity contribution in [3.05, 3.63) is 81.4 Å². The molecule has 29 heavy (non-hydrogen) atoms. The second kappa shape index (κ2) is 6.73. The maximum atomic E-state index is 15.1. The van der Waals surface area contributed by atoms with E-state index in [0.717, 1.165) is 0 Å². The van der Waals surface area contributed by atoms with E-state index in [1.165, 1.54) is 10.9 Å². The maximum Gasteiger partial charge on any atom is 0.276 e. The number of fused-ring (bicyclic) bond motifs is 1. The Morgan fingerprint density at radius 2 is 2.03 bits per heavy atom. The second-order valence-electron chi connectivity index (χ2n) is 7.17.